The fourth-order valence-electron chi connectivity index (χ4n) is 3.78. The summed E-state index contributed by atoms with van der Waals surface area (Å²) in [5.74, 6) is 0. The Morgan fingerprint density at radius 2 is 0.933 bits per heavy atom. The highest BCUT2D eigenvalue weighted by atomic mass is 31.1. The van der Waals surface area contributed by atoms with E-state index in [0.29, 0.717) is 0 Å². The van der Waals surface area contributed by atoms with Gasteiger partial charge in [0.25, 0.3) is 0 Å². The summed E-state index contributed by atoms with van der Waals surface area (Å²) in [5, 5.41) is 7.39. The van der Waals surface area contributed by atoms with E-state index in [1.807, 2.05) is 0 Å². The Labute approximate surface area is 183 Å². The molecule has 0 aromatic heterocycles. The highest BCUT2D eigenvalue weighted by molar-refractivity contribution is 7.83. The van der Waals surface area contributed by atoms with Gasteiger partial charge in [-0.3, -0.25) is 0 Å². The van der Waals surface area contributed by atoms with E-state index in [2.05, 4.69) is 122 Å². The van der Waals surface area contributed by atoms with Crippen LogP contribution in [0.25, 0.3) is 0 Å². The quantitative estimate of drug-likeness (QED) is 0.318. The van der Waals surface area contributed by atoms with Crippen molar-refractivity contribution in [2.75, 3.05) is 6.16 Å². The Balaban J connectivity index is 1.87. The fourth-order valence-corrected chi connectivity index (χ4v) is 9.33. The molecule has 1 atom stereocenters. The van der Waals surface area contributed by atoms with E-state index in [1.165, 1.54) is 40.2 Å². The number of hydrogen-bond donors (Lipinski definition) is 0. The summed E-state index contributed by atoms with van der Waals surface area (Å²) >= 11 is 0. The summed E-state index contributed by atoms with van der Waals surface area (Å²) in [6, 6.07) is 42.5. The molecule has 0 aliphatic heterocycles. The van der Waals surface area contributed by atoms with Crippen molar-refractivity contribution in [2.45, 2.75) is 19.8 Å². The third-order valence-corrected chi connectivity index (χ3v) is 10.6. The molecule has 0 heterocycles. The molecule has 30 heavy (non-hydrogen) atoms. The topological polar surface area (TPSA) is 0 Å². The van der Waals surface area contributed by atoms with E-state index in [0.717, 1.165) is 0 Å². The molecule has 0 nitrogen and oxygen atoms in total. The van der Waals surface area contributed by atoms with E-state index in [9.17, 15) is 0 Å². The normalized spacial score (nSPS) is 12.1. The minimum atomic E-state index is -0.588. The third kappa shape index (κ3) is 4.89. The van der Waals surface area contributed by atoms with Gasteiger partial charge in [-0.25, -0.2) is 0 Å². The standard InChI is InChI=1S/C28H28P2/c1-2-3-23-29(24-15-7-4-8-16-24)27-21-13-14-22-28(27)30(25-17-9-5-10-18-25)26-19-11-6-12-20-26/h4-22H,2-3,23H2,1H3. The molecule has 0 radical (unpaired) electrons. The van der Waals surface area contributed by atoms with Crippen molar-refractivity contribution in [1.82, 2.24) is 0 Å². The second kappa shape index (κ2) is 10.7. The monoisotopic (exact) mass is 426 g/mol. The van der Waals surface area contributed by atoms with Crippen molar-refractivity contribution in [3.05, 3.63) is 115 Å². The zero-order chi connectivity index (χ0) is 20.6. The molecule has 4 aromatic carbocycles. The molecule has 0 spiro atoms. The van der Waals surface area contributed by atoms with Crippen LogP contribution in [-0.4, -0.2) is 6.16 Å². The maximum Gasteiger partial charge on any atom is -0.00709 e. The van der Waals surface area contributed by atoms with Gasteiger partial charge < -0.3 is 0 Å². The zero-order valence-corrected chi connectivity index (χ0v) is 19.3. The van der Waals surface area contributed by atoms with E-state index < -0.39 is 7.92 Å². The first-order valence-corrected chi connectivity index (χ1v) is 13.6. The Morgan fingerprint density at radius 3 is 1.43 bits per heavy atom. The van der Waals surface area contributed by atoms with Crippen LogP contribution in [0.4, 0.5) is 0 Å². The Morgan fingerprint density at radius 1 is 0.500 bits per heavy atom. The van der Waals surface area contributed by atoms with Crippen molar-refractivity contribution in [1.29, 1.82) is 0 Å². The van der Waals surface area contributed by atoms with Crippen LogP contribution in [0.2, 0.25) is 0 Å². The van der Waals surface area contributed by atoms with Crippen LogP contribution in [0.15, 0.2) is 115 Å². The summed E-state index contributed by atoms with van der Waals surface area (Å²) < 4.78 is 0. The highest BCUT2D eigenvalue weighted by Gasteiger charge is 2.23. The molecule has 4 rings (SSSR count). The SMILES string of the molecule is CCCCP(c1ccccc1)c1ccccc1P(c1ccccc1)c1ccccc1. The Kier molecular flexibility index (Phi) is 7.47. The third-order valence-electron chi connectivity index (χ3n) is 5.25. The first kappa shape index (κ1) is 21.0. The lowest BCUT2D eigenvalue weighted by Gasteiger charge is -2.27. The second-order valence-corrected chi connectivity index (χ2v) is 11.8. The fraction of sp³-hybridized carbons (Fsp3) is 0.143. The van der Waals surface area contributed by atoms with E-state index in [-0.39, 0.29) is 7.92 Å². The summed E-state index contributed by atoms with van der Waals surface area (Å²) in [4.78, 5) is 0. The molecule has 0 amide bonds. The van der Waals surface area contributed by atoms with Crippen molar-refractivity contribution >= 4 is 42.4 Å². The molecular weight excluding hydrogens is 398 g/mol. The molecule has 0 aliphatic carbocycles. The van der Waals surface area contributed by atoms with Gasteiger partial charge in [-0.1, -0.05) is 129 Å². The van der Waals surface area contributed by atoms with Gasteiger partial charge in [0.2, 0.25) is 0 Å². The number of unbranched alkanes of at least 4 members (excludes halogenated alkanes) is 1. The number of hydrogen-bond acceptors (Lipinski definition) is 0. The molecule has 0 fully saturated rings. The Hall–Kier alpha value is -2.26. The van der Waals surface area contributed by atoms with Gasteiger partial charge in [0.05, 0.1) is 0 Å². The molecular formula is C28H28P2. The number of benzene rings is 4. The lowest BCUT2D eigenvalue weighted by molar-refractivity contribution is 0.894. The van der Waals surface area contributed by atoms with Crippen LogP contribution in [0.1, 0.15) is 19.8 Å². The van der Waals surface area contributed by atoms with Crippen LogP contribution < -0.4 is 26.5 Å². The Bertz CT molecular complexity index is 990. The van der Waals surface area contributed by atoms with Crippen LogP contribution in [0, 0.1) is 0 Å². The molecule has 150 valence electrons. The summed E-state index contributed by atoms with van der Waals surface area (Å²) in [6.07, 6.45) is 3.75. The van der Waals surface area contributed by atoms with Gasteiger partial charge in [0.15, 0.2) is 0 Å². The first-order valence-electron chi connectivity index (χ1n) is 10.7. The lowest BCUT2D eigenvalue weighted by atomic mass is 10.3. The van der Waals surface area contributed by atoms with Gasteiger partial charge in [-0.05, 0) is 54.9 Å². The van der Waals surface area contributed by atoms with Crippen molar-refractivity contribution in [3.63, 3.8) is 0 Å². The van der Waals surface area contributed by atoms with E-state index >= 15 is 0 Å². The summed E-state index contributed by atoms with van der Waals surface area (Å²) in [6.45, 7) is 2.30. The van der Waals surface area contributed by atoms with Crippen molar-refractivity contribution < 1.29 is 0 Å². The maximum absolute atomic E-state index is 2.39. The average Bonchev–Trinajstić information content (AvgIpc) is 2.82. The van der Waals surface area contributed by atoms with Crippen LogP contribution >= 0.6 is 15.8 Å². The van der Waals surface area contributed by atoms with Crippen LogP contribution in [0.3, 0.4) is 0 Å². The summed E-state index contributed by atoms with van der Waals surface area (Å²) in [5.41, 5.74) is 0. The average molecular weight is 426 g/mol. The smallest absolute Gasteiger partial charge is 0.00709 e. The molecule has 2 heteroatoms. The van der Waals surface area contributed by atoms with Gasteiger partial charge in [-0.15, -0.1) is 0 Å². The summed E-state index contributed by atoms with van der Waals surface area (Å²) in [7, 11) is -0.963. The first-order chi connectivity index (χ1) is 14.9. The molecule has 0 N–H and O–H groups in total. The van der Waals surface area contributed by atoms with Gasteiger partial charge in [0.1, 0.15) is 0 Å². The lowest BCUT2D eigenvalue weighted by Crippen LogP contribution is -2.32. The van der Waals surface area contributed by atoms with E-state index in [1.54, 1.807) is 5.30 Å². The second-order valence-electron chi connectivity index (χ2n) is 7.34. The molecule has 0 saturated carbocycles. The molecule has 0 saturated heterocycles. The molecule has 4 aromatic rings. The van der Waals surface area contributed by atoms with Gasteiger partial charge in [0, 0.05) is 0 Å². The predicted molar refractivity (Wildman–Crippen MR) is 138 cm³/mol. The predicted octanol–water partition coefficient (Wildman–Crippen LogP) is 5.68. The minimum Gasteiger partial charge on any atom is -0.0654 e. The van der Waals surface area contributed by atoms with Crippen LogP contribution in [0.5, 0.6) is 0 Å². The van der Waals surface area contributed by atoms with Gasteiger partial charge in [-0.2, -0.15) is 0 Å². The van der Waals surface area contributed by atoms with Gasteiger partial charge >= 0.3 is 0 Å². The maximum atomic E-state index is 2.39. The molecule has 0 aliphatic rings. The minimum absolute atomic E-state index is 0.375. The number of rotatable bonds is 8. The largest absolute Gasteiger partial charge is 0.0654 e. The van der Waals surface area contributed by atoms with Crippen molar-refractivity contribution in [3.8, 4) is 0 Å². The highest BCUT2D eigenvalue weighted by Crippen LogP contribution is 2.39. The zero-order valence-electron chi connectivity index (χ0n) is 17.5. The molecule has 1 unspecified atom stereocenters. The molecule has 0 bridgehead atoms. The van der Waals surface area contributed by atoms with E-state index in [4.69, 9.17) is 0 Å². The van der Waals surface area contributed by atoms with Crippen molar-refractivity contribution in [2.24, 2.45) is 0 Å². The van der Waals surface area contributed by atoms with Crippen LogP contribution in [-0.2, 0) is 0 Å².